The fourth-order valence-corrected chi connectivity index (χ4v) is 8.35. The average Bonchev–Trinajstić information content (AvgIpc) is 3.96. The van der Waals surface area contributed by atoms with Gasteiger partial charge in [-0.1, -0.05) is 121 Å². The fourth-order valence-electron chi connectivity index (χ4n) is 8.35. The Labute approximate surface area is 325 Å². The predicted octanol–water partition coefficient (Wildman–Crippen LogP) is 13.4. The van der Waals surface area contributed by atoms with Gasteiger partial charge in [-0.05, 0) is 71.8 Å². The number of furan rings is 2. The van der Waals surface area contributed by atoms with Crippen LogP contribution in [0, 0.1) is 0 Å². The van der Waals surface area contributed by atoms with Gasteiger partial charge in [0.25, 0.3) is 0 Å². The van der Waals surface area contributed by atoms with E-state index in [1.54, 1.807) is 0 Å². The topological polar surface area (TPSA) is 69.9 Å². The average molecular weight is 731 g/mol. The zero-order valence-corrected chi connectivity index (χ0v) is 30.4. The minimum Gasteiger partial charge on any atom is -0.456 e. The van der Waals surface area contributed by atoms with E-state index in [9.17, 15) is 0 Å². The third-order valence-electron chi connectivity index (χ3n) is 11.1. The van der Waals surface area contributed by atoms with Crippen LogP contribution in [0.15, 0.2) is 191 Å². The molecule has 0 saturated carbocycles. The summed E-state index contributed by atoms with van der Waals surface area (Å²) in [6.07, 6.45) is 0. The maximum absolute atomic E-state index is 6.85. The number of nitrogens with zero attached hydrogens (tertiary/aromatic N) is 4. The lowest BCUT2D eigenvalue weighted by atomic mass is 10.0. The number of hydrogen-bond donors (Lipinski definition) is 0. The molecule has 266 valence electrons. The highest BCUT2D eigenvalue weighted by Gasteiger charge is 2.20. The van der Waals surface area contributed by atoms with Crippen LogP contribution in [0.5, 0.6) is 0 Å². The van der Waals surface area contributed by atoms with Gasteiger partial charge in [0, 0.05) is 49.3 Å². The lowest BCUT2D eigenvalue weighted by Gasteiger charge is -2.09. The summed E-state index contributed by atoms with van der Waals surface area (Å²) in [5, 5.41) is 6.47. The summed E-state index contributed by atoms with van der Waals surface area (Å²) in [5.41, 5.74) is 11.5. The van der Waals surface area contributed by atoms with Crippen molar-refractivity contribution in [1.82, 2.24) is 19.5 Å². The molecule has 4 aromatic heterocycles. The second-order valence-electron chi connectivity index (χ2n) is 14.4. The zero-order valence-electron chi connectivity index (χ0n) is 30.4. The summed E-state index contributed by atoms with van der Waals surface area (Å²) >= 11 is 0. The molecule has 12 rings (SSSR count). The molecule has 6 heteroatoms. The van der Waals surface area contributed by atoms with Gasteiger partial charge in [0.1, 0.15) is 22.3 Å². The lowest BCUT2D eigenvalue weighted by Crippen LogP contribution is -2.00. The molecule has 0 fully saturated rings. The molecule has 6 nitrogen and oxygen atoms in total. The molecule has 0 aliphatic rings. The molecule has 4 heterocycles. The Hall–Kier alpha value is -7.83. The Balaban J connectivity index is 1.03. The van der Waals surface area contributed by atoms with Crippen LogP contribution in [-0.2, 0) is 0 Å². The monoisotopic (exact) mass is 730 g/mol. The Morgan fingerprint density at radius 2 is 0.842 bits per heavy atom. The SMILES string of the molecule is c1ccc(-c2ccc(-c3nc(-c4ccc5c(c4)oc4ccccc45)nc(-c4ccc5c(c4)oc4c5ccc5c4c4ccccc4n5-c4ccccc4)n3)cc2)cc1. The second-order valence-corrected chi connectivity index (χ2v) is 14.4. The molecule has 57 heavy (non-hydrogen) atoms. The van der Waals surface area contributed by atoms with Gasteiger partial charge >= 0.3 is 0 Å². The molecule has 0 N–H and O–H groups in total. The van der Waals surface area contributed by atoms with Crippen molar-refractivity contribution in [2.75, 3.05) is 0 Å². The van der Waals surface area contributed by atoms with Gasteiger partial charge < -0.3 is 13.4 Å². The van der Waals surface area contributed by atoms with Gasteiger partial charge in [-0.15, -0.1) is 0 Å². The molecule has 0 aliphatic carbocycles. The summed E-state index contributed by atoms with van der Waals surface area (Å²) in [6, 6.07) is 62.7. The minimum absolute atomic E-state index is 0.556. The normalized spacial score (nSPS) is 11.9. The second kappa shape index (κ2) is 12.3. The summed E-state index contributed by atoms with van der Waals surface area (Å²) in [7, 11) is 0. The molecule has 0 aliphatic heterocycles. The van der Waals surface area contributed by atoms with E-state index in [-0.39, 0.29) is 0 Å². The highest BCUT2D eigenvalue weighted by Crippen LogP contribution is 2.41. The van der Waals surface area contributed by atoms with Gasteiger partial charge in [-0.3, -0.25) is 0 Å². The van der Waals surface area contributed by atoms with Crippen molar-refractivity contribution < 1.29 is 8.83 Å². The number of aromatic nitrogens is 4. The maximum Gasteiger partial charge on any atom is 0.164 e. The van der Waals surface area contributed by atoms with Crippen LogP contribution in [-0.4, -0.2) is 19.5 Å². The number of benzene rings is 8. The van der Waals surface area contributed by atoms with Crippen molar-refractivity contribution in [3.8, 4) is 51.0 Å². The first-order valence-corrected chi connectivity index (χ1v) is 19.0. The lowest BCUT2D eigenvalue weighted by molar-refractivity contribution is 0.669. The molecule has 0 amide bonds. The summed E-state index contributed by atoms with van der Waals surface area (Å²) < 4.78 is 15.4. The Morgan fingerprint density at radius 1 is 0.333 bits per heavy atom. The first kappa shape index (κ1) is 31.5. The third kappa shape index (κ3) is 5.01. The molecule has 8 aromatic carbocycles. The zero-order chi connectivity index (χ0) is 37.5. The van der Waals surface area contributed by atoms with E-state index in [4.69, 9.17) is 23.8 Å². The van der Waals surface area contributed by atoms with E-state index < -0.39 is 0 Å². The van der Waals surface area contributed by atoms with E-state index in [1.807, 2.05) is 36.4 Å². The van der Waals surface area contributed by atoms with E-state index in [0.717, 1.165) is 99.2 Å². The molecular formula is C51H30N4O2. The van der Waals surface area contributed by atoms with Gasteiger partial charge in [0.05, 0.1) is 16.4 Å². The van der Waals surface area contributed by atoms with Gasteiger partial charge in [0.15, 0.2) is 17.5 Å². The first-order chi connectivity index (χ1) is 28.2. The van der Waals surface area contributed by atoms with Crippen LogP contribution in [0.2, 0.25) is 0 Å². The predicted molar refractivity (Wildman–Crippen MR) is 230 cm³/mol. The number of para-hydroxylation sites is 3. The van der Waals surface area contributed by atoms with Crippen LogP contribution < -0.4 is 0 Å². The molecule has 0 unspecified atom stereocenters. The standard InChI is InChI=1S/C51H30N4O2/c1-3-11-31(12-4-1)32-19-21-33(22-20-32)49-52-50(34-23-25-38-37-15-8-10-18-44(37)56-45(38)29-34)54-51(53-49)35-24-26-39-40-27-28-43-47(48(40)57-46(39)30-35)41-16-7-9-17-42(41)55(43)36-13-5-2-6-14-36/h1-30H. The molecule has 0 bridgehead atoms. The molecule has 0 spiro atoms. The van der Waals surface area contributed by atoms with Crippen LogP contribution in [0.1, 0.15) is 0 Å². The molecule has 0 atom stereocenters. The summed E-state index contributed by atoms with van der Waals surface area (Å²) in [5.74, 6) is 1.70. The third-order valence-corrected chi connectivity index (χ3v) is 11.1. The van der Waals surface area contributed by atoms with Crippen LogP contribution in [0.4, 0.5) is 0 Å². The van der Waals surface area contributed by atoms with Crippen LogP contribution in [0.3, 0.4) is 0 Å². The first-order valence-electron chi connectivity index (χ1n) is 19.0. The Morgan fingerprint density at radius 3 is 1.58 bits per heavy atom. The van der Waals surface area contributed by atoms with E-state index >= 15 is 0 Å². The smallest absolute Gasteiger partial charge is 0.164 e. The van der Waals surface area contributed by atoms with Crippen molar-refractivity contribution in [1.29, 1.82) is 0 Å². The quantitative estimate of drug-likeness (QED) is 0.176. The van der Waals surface area contributed by atoms with Crippen molar-refractivity contribution >= 4 is 65.7 Å². The molecule has 0 radical (unpaired) electrons. The minimum atomic E-state index is 0.556. The van der Waals surface area contributed by atoms with E-state index in [1.165, 1.54) is 0 Å². The van der Waals surface area contributed by atoms with Gasteiger partial charge in [-0.25, -0.2) is 15.0 Å². The number of fused-ring (bicyclic) bond motifs is 10. The van der Waals surface area contributed by atoms with E-state index in [2.05, 4.69) is 150 Å². The van der Waals surface area contributed by atoms with Crippen molar-refractivity contribution in [3.05, 3.63) is 182 Å². The summed E-state index contributed by atoms with van der Waals surface area (Å²) in [6.45, 7) is 0. The van der Waals surface area contributed by atoms with Gasteiger partial charge in [-0.2, -0.15) is 0 Å². The Bertz CT molecular complexity index is 3510. The largest absolute Gasteiger partial charge is 0.456 e. The Kier molecular flexibility index (Phi) is 6.83. The highest BCUT2D eigenvalue weighted by atomic mass is 16.3. The van der Waals surface area contributed by atoms with Crippen LogP contribution >= 0.6 is 0 Å². The fraction of sp³-hybridized carbons (Fsp3) is 0. The van der Waals surface area contributed by atoms with Gasteiger partial charge in [0.2, 0.25) is 0 Å². The van der Waals surface area contributed by atoms with E-state index in [0.29, 0.717) is 17.5 Å². The van der Waals surface area contributed by atoms with Crippen molar-refractivity contribution in [3.63, 3.8) is 0 Å². The number of rotatable bonds is 5. The molecular weight excluding hydrogens is 701 g/mol. The van der Waals surface area contributed by atoms with Crippen LogP contribution in [0.25, 0.3) is 117 Å². The number of hydrogen-bond acceptors (Lipinski definition) is 5. The van der Waals surface area contributed by atoms with Crippen molar-refractivity contribution in [2.45, 2.75) is 0 Å². The van der Waals surface area contributed by atoms with Crippen molar-refractivity contribution in [2.24, 2.45) is 0 Å². The summed E-state index contributed by atoms with van der Waals surface area (Å²) in [4.78, 5) is 15.3. The molecule has 0 saturated heterocycles. The maximum atomic E-state index is 6.85. The molecule has 12 aromatic rings. The highest BCUT2D eigenvalue weighted by molar-refractivity contribution is 6.24.